The summed E-state index contributed by atoms with van der Waals surface area (Å²) in [7, 11) is 1.35. The molecule has 0 saturated carbocycles. The van der Waals surface area contributed by atoms with Gasteiger partial charge in [0.05, 0.1) is 12.7 Å². The lowest BCUT2D eigenvalue weighted by molar-refractivity contribution is 0.0599. The molecular weight excluding hydrogens is 272 g/mol. The van der Waals surface area contributed by atoms with Crippen molar-refractivity contribution in [2.45, 2.75) is 6.92 Å². The predicted molar refractivity (Wildman–Crippen MR) is 65.9 cm³/mol. The van der Waals surface area contributed by atoms with Gasteiger partial charge in [0.2, 0.25) is 0 Å². The van der Waals surface area contributed by atoms with E-state index in [-0.39, 0.29) is 5.97 Å². The molecule has 0 aliphatic rings. The predicted octanol–water partition coefficient (Wildman–Crippen LogP) is 3.11. The van der Waals surface area contributed by atoms with Crippen LogP contribution in [0.3, 0.4) is 0 Å². The summed E-state index contributed by atoms with van der Waals surface area (Å²) < 4.78 is 10.9. The van der Waals surface area contributed by atoms with Gasteiger partial charge in [0.15, 0.2) is 0 Å². The highest BCUT2D eigenvalue weighted by molar-refractivity contribution is 9.10. The number of benzene rings is 1. The molecule has 0 atom stereocenters. The van der Waals surface area contributed by atoms with Crippen LogP contribution < -0.4 is 4.74 Å². The molecule has 0 aliphatic heterocycles. The molecule has 0 aliphatic carbocycles. The first kappa shape index (κ1) is 12.8. The first-order valence-corrected chi connectivity index (χ1v) is 5.51. The lowest BCUT2D eigenvalue weighted by atomic mass is 10.1. The Morgan fingerprint density at radius 2 is 2.25 bits per heavy atom. The molecule has 0 aromatic heterocycles. The normalized spacial score (nSPS) is 9.69. The summed E-state index contributed by atoms with van der Waals surface area (Å²) >= 11 is 3.37. The Hall–Kier alpha value is -1.29. The van der Waals surface area contributed by atoms with Gasteiger partial charge in [0, 0.05) is 4.47 Å². The molecule has 4 heteroatoms. The van der Waals surface area contributed by atoms with Crippen LogP contribution in [0.5, 0.6) is 5.75 Å². The largest absolute Gasteiger partial charge is 0.489 e. The van der Waals surface area contributed by atoms with E-state index in [2.05, 4.69) is 22.5 Å². The molecule has 0 spiro atoms. The van der Waals surface area contributed by atoms with Crippen molar-refractivity contribution in [2.75, 3.05) is 13.7 Å². The number of hydrogen-bond donors (Lipinski definition) is 0. The zero-order valence-corrected chi connectivity index (χ0v) is 10.8. The summed E-state index contributed by atoms with van der Waals surface area (Å²) in [6.45, 7) is 5.80. The maximum atomic E-state index is 11.5. The molecule has 0 bridgehead atoms. The van der Waals surface area contributed by atoms with Crippen molar-refractivity contribution < 1.29 is 14.3 Å². The molecule has 0 N–H and O–H groups in total. The second-order valence-corrected chi connectivity index (χ2v) is 4.02. The SMILES string of the molecule is C=CCOc1cc(Br)c(C)c(C(=O)OC)c1. The van der Waals surface area contributed by atoms with Gasteiger partial charge in [-0.05, 0) is 24.6 Å². The van der Waals surface area contributed by atoms with E-state index in [0.29, 0.717) is 17.9 Å². The number of halogens is 1. The van der Waals surface area contributed by atoms with Gasteiger partial charge in [-0.2, -0.15) is 0 Å². The molecular formula is C12H13BrO3. The number of hydrogen-bond acceptors (Lipinski definition) is 3. The monoisotopic (exact) mass is 284 g/mol. The van der Waals surface area contributed by atoms with Crippen LogP contribution in [0, 0.1) is 6.92 Å². The number of carbonyl (C=O) groups excluding carboxylic acids is 1. The third-order valence-electron chi connectivity index (χ3n) is 2.09. The van der Waals surface area contributed by atoms with E-state index in [0.717, 1.165) is 10.0 Å². The highest BCUT2D eigenvalue weighted by Gasteiger charge is 2.13. The molecule has 1 aromatic rings. The maximum absolute atomic E-state index is 11.5. The average Bonchev–Trinajstić information content (AvgIpc) is 2.29. The summed E-state index contributed by atoms with van der Waals surface area (Å²) in [4.78, 5) is 11.5. The van der Waals surface area contributed by atoms with Crippen LogP contribution in [0.1, 0.15) is 15.9 Å². The van der Waals surface area contributed by atoms with Crippen molar-refractivity contribution in [3.05, 3.63) is 40.4 Å². The first-order chi connectivity index (χ1) is 7.60. The van der Waals surface area contributed by atoms with Gasteiger partial charge in [0.25, 0.3) is 0 Å². The molecule has 0 fully saturated rings. The van der Waals surface area contributed by atoms with Crippen LogP contribution in [-0.2, 0) is 4.74 Å². The van der Waals surface area contributed by atoms with Crippen molar-refractivity contribution in [3.63, 3.8) is 0 Å². The zero-order valence-electron chi connectivity index (χ0n) is 9.25. The van der Waals surface area contributed by atoms with Gasteiger partial charge in [-0.15, -0.1) is 0 Å². The Balaban J connectivity index is 3.11. The third kappa shape index (κ3) is 2.85. The van der Waals surface area contributed by atoms with E-state index >= 15 is 0 Å². The third-order valence-corrected chi connectivity index (χ3v) is 2.91. The number of methoxy groups -OCH3 is 1. The minimum absolute atomic E-state index is 0.373. The lowest BCUT2D eigenvalue weighted by Gasteiger charge is -2.10. The molecule has 16 heavy (non-hydrogen) atoms. The molecule has 0 unspecified atom stereocenters. The topological polar surface area (TPSA) is 35.5 Å². The van der Waals surface area contributed by atoms with Crippen molar-refractivity contribution in [3.8, 4) is 5.75 Å². The molecule has 0 heterocycles. The molecule has 1 aromatic carbocycles. The fraction of sp³-hybridized carbons (Fsp3) is 0.250. The fourth-order valence-corrected chi connectivity index (χ4v) is 1.65. The second-order valence-electron chi connectivity index (χ2n) is 3.17. The number of rotatable bonds is 4. The minimum Gasteiger partial charge on any atom is -0.489 e. The van der Waals surface area contributed by atoms with Gasteiger partial charge in [-0.1, -0.05) is 28.6 Å². The Labute approximate surface area is 103 Å². The molecule has 3 nitrogen and oxygen atoms in total. The quantitative estimate of drug-likeness (QED) is 0.630. The van der Waals surface area contributed by atoms with Crippen molar-refractivity contribution in [1.29, 1.82) is 0 Å². The zero-order chi connectivity index (χ0) is 12.1. The highest BCUT2D eigenvalue weighted by atomic mass is 79.9. The summed E-state index contributed by atoms with van der Waals surface area (Å²) in [6.07, 6.45) is 1.64. The van der Waals surface area contributed by atoms with Crippen molar-refractivity contribution >= 4 is 21.9 Å². The maximum Gasteiger partial charge on any atom is 0.338 e. The summed E-state index contributed by atoms with van der Waals surface area (Å²) in [6, 6.07) is 3.47. The molecule has 0 radical (unpaired) electrons. The van der Waals surface area contributed by atoms with E-state index < -0.39 is 0 Å². The molecule has 0 saturated heterocycles. The first-order valence-electron chi connectivity index (χ1n) is 4.72. The van der Waals surface area contributed by atoms with Crippen LogP contribution in [0.2, 0.25) is 0 Å². The van der Waals surface area contributed by atoms with E-state index in [1.165, 1.54) is 7.11 Å². The van der Waals surface area contributed by atoms with E-state index in [4.69, 9.17) is 9.47 Å². The Bertz CT molecular complexity index is 413. The average molecular weight is 285 g/mol. The van der Waals surface area contributed by atoms with E-state index in [1.807, 2.05) is 13.0 Å². The van der Waals surface area contributed by atoms with Gasteiger partial charge in [-0.3, -0.25) is 0 Å². The van der Waals surface area contributed by atoms with Crippen LogP contribution in [-0.4, -0.2) is 19.7 Å². The minimum atomic E-state index is -0.373. The number of carbonyl (C=O) groups is 1. The molecule has 0 amide bonds. The van der Waals surface area contributed by atoms with Crippen LogP contribution in [0.4, 0.5) is 0 Å². The number of ether oxygens (including phenoxy) is 2. The summed E-state index contributed by atoms with van der Waals surface area (Å²) in [5.41, 5.74) is 1.33. The lowest BCUT2D eigenvalue weighted by Crippen LogP contribution is -2.05. The van der Waals surface area contributed by atoms with E-state index in [9.17, 15) is 4.79 Å². The Morgan fingerprint density at radius 3 is 2.81 bits per heavy atom. The summed E-state index contributed by atoms with van der Waals surface area (Å²) in [5, 5.41) is 0. The number of esters is 1. The van der Waals surface area contributed by atoms with Gasteiger partial charge >= 0.3 is 5.97 Å². The van der Waals surface area contributed by atoms with Crippen LogP contribution in [0.15, 0.2) is 29.3 Å². The van der Waals surface area contributed by atoms with Crippen LogP contribution >= 0.6 is 15.9 Å². The van der Waals surface area contributed by atoms with Crippen molar-refractivity contribution in [1.82, 2.24) is 0 Å². The Morgan fingerprint density at radius 1 is 1.56 bits per heavy atom. The van der Waals surface area contributed by atoms with Crippen molar-refractivity contribution in [2.24, 2.45) is 0 Å². The van der Waals surface area contributed by atoms with Gasteiger partial charge < -0.3 is 9.47 Å². The molecule has 86 valence electrons. The smallest absolute Gasteiger partial charge is 0.338 e. The molecule has 1 rings (SSSR count). The highest BCUT2D eigenvalue weighted by Crippen LogP contribution is 2.27. The van der Waals surface area contributed by atoms with Gasteiger partial charge in [-0.25, -0.2) is 4.79 Å². The fourth-order valence-electron chi connectivity index (χ4n) is 1.21. The standard InChI is InChI=1S/C12H13BrO3/c1-4-5-16-9-6-10(12(14)15-3)8(2)11(13)7-9/h4,6-7H,1,5H2,2-3H3. The second kappa shape index (κ2) is 5.70. The Kier molecular flexibility index (Phi) is 4.55. The van der Waals surface area contributed by atoms with E-state index in [1.54, 1.807) is 12.1 Å². The summed E-state index contributed by atoms with van der Waals surface area (Å²) in [5.74, 6) is 0.236. The van der Waals surface area contributed by atoms with Crippen LogP contribution in [0.25, 0.3) is 0 Å². The van der Waals surface area contributed by atoms with Gasteiger partial charge in [0.1, 0.15) is 12.4 Å².